The van der Waals surface area contributed by atoms with Crippen molar-refractivity contribution in [3.05, 3.63) is 40.4 Å². The largest absolute Gasteiger partial charge is 0.420 e. The van der Waals surface area contributed by atoms with E-state index in [9.17, 15) is 18.0 Å². The molecule has 0 saturated heterocycles. The molecule has 0 bridgehead atoms. The van der Waals surface area contributed by atoms with Crippen molar-refractivity contribution in [3.63, 3.8) is 0 Å². The van der Waals surface area contributed by atoms with Gasteiger partial charge in [0.2, 0.25) is 0 Å². The van der Waals surface area contributed by atoms with Crippen LogP contribution >= 0.6 is 0 Å². The number of nitrogens with zero attached hydrogens (tertiary/aromatic N) is 3. The number of hydrogen-bond donors (Lipinski definition) is 0. The predicted molar refractivity (Wildman–Crippen MR) is 44.3 cm³/mol. The van der Waals surface area contributed by atoms with Crippen molar-refractivity contribution in [3.8, 4) is 0 Å². The molecule has 78 valence electrons. The van der Waals surface area contributed by atoms with E-state index < -0.39 is 22.9 Å². The topological polar surface area (TPSA) is 47.3 Å². The number of rotatable bonds is 0. The van der Waals surface area contributed by atoms with Gasteiger partial charge in [-0.05, 0) is 6.07 Å². The van der Waals surface area contributed by atoms with E-state index in [2.05, 4.69) is 10.1 Å². The quantitative estimate of drug-likeness (QED) is 0.661. The molecule has 0 fully saturated rings. The first-order chi connectivity index (χ1) is 7.00. The third-order valence-electron chi connectivity index (χ3n) is 1.79. The Balaban J connectivity index is 2.89. The Labute approximate surface area is 81.0 Å². The normalized spacial score (nSPS) is 11.9. The first-order valence-electron chi connectivity index (χ1n) is 3.90. The zero-order valence-electron chi connectivity index (χ0n) is 7.19. The summed E-state index contributed by atoms with van der Waals surface area (Å²) in [5.74, 6) is 0. The Hall–Kier alpha value is -1.92. The lowest BCUT2D eigenvalue weighted by Gasteiger charge is -2.08. The van der Waals surface area contributed by atoms with Crippen molar-refractivity contribution in [2.75, 3.05) is 0 Å². The van der Waals surface area contributed by atoms with Crippen LogP contribution in [-0.4, -0.2) is 14.6 Å². The lowest BCUT2D eigenvalue weighted by Crippen LogP contribution is -2.19. The molecule has 0 aliphatic carbocycles. The van der Waals surface area contributed by atoms with E-state index in [0.29, 0.717) is 4.52 Å². The molecular weight excluding hydrogens is 211 g/mol. The van der Waals surface area contributed by atoms with Gasteiger partial charge in [0.1, 0.15) is 5.56 Å². The highest BCUT2D eigenvalue weighted by molar-refractivity contribution is 5.46. The third kappa shape index (κ3) is 1.56. The van der Waals surface area contributed by atoms with Gasteiger partial charge in [-0.15, -0.1) is 0 Å². The molecule has 15 heavy (non-hydrogen) atoms. The second-order valence-corrected chi connectivity index (χ2v) is 2.76. The van der Waals surface area contributed by atoms with Crippen LogP contribution in [0.2, 0.25) is 0 Å². The molecule has 0 spiro atoms. The molecule has 2 heterocycles. The minimum absolute atomic E-state index is 0.488. The van der Waals surface area contributed by atoms with E-state index in [1.807, 2.05) is 0 Å². The molecule has 0 amide bonds. The number of alkyl halides is 3. The highest BCUT2D eigenvalue weighted by Gasteiger charge is 2.33. The van der Waals surface area contributed by atoms with E-state index in [-0.39, 0.29) is 0 Å². The van der Waals surface area contributed by atoms with Crippen LogP contribution in [0.4, 0.5) is 13.2 Å². The van der Waals surface area contributed by atoms with E-state index in [4.69, 9.17) is 0 Å². The van der Waals surface area contributed by atoms with Gasteiger partial charge in [0, 0.05) is 18.5 Å². The maximum absolute atomic E-state index is 12.5. The molecule has 4 nitrogen and oxygen atoms in total. The second kappa shape index (κ2) is 3.04. The van der Waals surface area contributed by atoms with Gasteiger partial charge in [0.15, 0.2) is 5.65 Å². The van der Waals surface area contributed by atoms with Crippen LogP contribution < -0.4 is 5.56 Å². The van der Waals surface area contributed by atoms with Gasteiger partial charge in [-0.25, -0.2) is 4.98 Å². The Morgan fingerprint density at radius 3 is 2.60 bits per heavy atom. The minimum Gasteiger partial charge on any atom is -0.267 e. The molecule has 0 aliphatic rings. The Morgan fingerprint density at radius 1 is 1.20 bits per heavy atom. The lowest BCUT2D eigenvalue weighted by molar-refractivity contribution is -0.136. The Morgan fingerprint density at radius 2 is 1.93 bits per heavy atom. The lowest BCUT2D eigenvalue weighted by atomic mass is 10.3. The fraction of sp³-hybridized carbons (Fsp3) is 0.125. The average Bonchev–Trinajstić information content (AvgIpc) is 2.16. The van der Waals surface area contributed by atoms with Crippen LogP contribution in [0.3, 0.4) is 0 Å². The summed E-state index contributed by atoms with van der Waals surface area (Å²) in [5.41, 5.74) is -2.11. The van der Waals surface area contributed by atoms with Gasteiger partial charge in [0.05, 0.1) is 0 Å². The number of aromatic nitrogens is 3. The van der Waals surface area contributed by atoms with Crippen molar-refractivity contribution >= 4 is 5.65 Å². The summed E-state index contributed by atoms with van der Waals surface area (Å²) in [6, 6.07) is 1.82. The second-order valence-electron chi connectivity index (χ2n) is 2.76. The molecule has 7 heteroatoms. The van der Waals surface area contributed by atoms with Crippen molar-refractivity contribution < 1.29 is 13.2 Å². The molecule has 2 aromatic heterocycles. The van der Waals surface area contributed by atoms with Gasteiger partial charge in [0.25, 0.3) is 5.56 Å². The van der Waals surface area contributed by atoms with Crippen molar-refractivity contribution in [1.29, 1.82) is 0 Å². The summed E-state index contributed by atoms with van der Waals surface area (Å²) in [5, 5.41) is 3.50. The zero-order valence-corrected chi connectivity index (χ0v) is 7.19. The number of hydrogen-bond acceptors (Lipinski definition) is 3. The fourth-order valence-corrected chi connectivity index (χ4v) is 1.17. The van der Waals surface area contributed by atoms with Crippen molar-refractivity contribution in [2.45, 2.75) is 6.18 Å². The highest BCUT2D eigenvalue weighted by atomic mass is 19.4. The van der Waals surface area contributed by atoms with Crippen LogP contribution in [-0.2, 0) is 6.18 Å². The van der Waals surface area contributed by atoms with Crippen LogP contribution in [0.25, 0.3) is 5.65 Å². The molecule has 0 aromatic carbocycles. The highest BCUT2D eigenvalue weighted by Crippen LogP contribution is 2.30. The molecule has 0 saturated carbocycles. The smallest absolute Gasteiger partial charge is 0.267 e. The summed E-state index contributed by atoms with van der Waals surface area (Å²) >= 11 is 0. The summed E-state index contributed by atoms with van der Waals surface area (Å²) in [7, 11) is 0. The zero-order chi connectivity index (χ0) is 11.1. The molecule has 2 rings (SSSR count). The molecule has 0 aliphatic heterocycles. The Kier molecular flexibility index (Phi) is 1.95. The maximum Gasteiger partial charge on any atom is 0.420 e. The van der Waals surface area contributed by atoms with Crippen molar-refractivity contribution in [1.82, 2.24) is 14.6 Å². The molecule has 2 aromatic rings. The number of fused-ring (bicyclic) bond motifs is 1. The fourth-order valence-electron chi connectivity index (χ4n) is 1.17. The molecular formula is C8H4F3N3O. The minimum atomic E-state index is -4.55. The molecule has 0 atom stereocenters. The summed E-state index contributed by atoms with van der Waals surface area (Å²) < 4.78 is 38.0. The van der Waals surface area contributed by atoms with Gasteiger partial charge in [-0.3, -0.25) is 4.79 Å². The van der Waals surface area contributed by atoms with Gasteiger partial charge >= 0.3 is 6.18 Å². The summed E-state index contributed by atoms with van der Waals surface area (Å²) in [6.07, 6.45) is -2.61. The third-order valence-corrected chi connectivity index (χ3v) is 1.79. The molecule has 0 radical (unpaired) electrons. The van der Waals surface area contributed by atoms with E-state index in [1.54, 1.807) is 0 Å². The first-order valence-corrected chi connectivity index (χ1v) is 3.90. The van der Waals surface area contributed by atoms with E-state index in [0.717, 1.165) is 24.5 Å². The monoisotopic (exact) mass is 215 g/mol. The van der Waals surface area contributed by atoms with E-state index in [1.165, 1.54) is 0 Å². The summed E-state index contributed by atoms with van der Waals surface area (Å²) in [4.78, 5) is 14.6. The van der Waals surface area contributed by atoms with Gasteiger partial charge < -0.3 is 0 Å². The van der Waals surface area contributed by atoms with Crippen LogP contribution in [0.5, 0.6) is 0 Å². The Bertz CT molecular complexity index is 561. The van der Waals surface area contributed by atoms with Crippen molar-refractivity contribution in [2.24, 2.45) is 0 Å². The first kappa shape index (κ1) is 9.63. The SMILES string of the molecule is O=c1ccnc2c(C(F)(F)F)ccnn12. The number of halogens is 3. The average molecular weight is 215 g/mol. The summed E-state index contributed by atoms with van der Waals surface area (Å²) in [6.45, 7) is 0. The van der Waals surface area contributed by atoms with Crippen LogP contribution in [0, 0.1) is 0 Å². The van der Waals surface area contributed by atoms with Crippen LogP contribution in [0.1, 0.15) is 5.56 Å². The van der Waals surface area contributed by atoms with E-state index >= 15 is 0 Å². The molecule has 0 unspecified atom stereocenters. The standard InChI is InChI=1S/C8H4F3N3O/c9-8(10,11)5-1-4-13-14-6(15)2-3-12-7(5)14/h1-4H. The predicted octanol–water partition coefficient (Wildman–Crippen LogP) is 1.11. The van der Waals surface area contributed by atoms with Gasteiger partial charge in [-0.2, -0.15) is 22.8 Å². The van der Waals surface area contributed by atoms with Crippen LogP contribution in [0.15, 0.2) is 29.3 Å². The van der Waals surface area contributed by atoms with Gasteiger partial charge in [-0.1, -0.05) is 0 Å². The maximum atomic E-state index is 12.5. The molecule has 0 N–H and O–H groups in total.